The molecule has 6 aromatic rings. The number of hydrogen-bond donors (Lipinski definition) is 0. The summed E-state index contributed by atoms with van der Waals surface area (Å²) in [5.74, 6) is 0. The Balaban J connectivity index is 0.00000232. The van der Waals surface area contributed by atoms with Gasteiger partial charge in [-0.15, -0.1) is 24.8 Å². The average Bonchev–Trinajstić information content (AvgIpc) is 3.70. The van der Waals surface area contributed by atoms with Crippen LogP contribution in [0.25, 0.3) is 28.3 Å². The Labute approximate surface area is 331 Å². The summed E-state index contributed by atoms with van der Waals surface area (Å²) in [4.78, 5) is 0. The molecule has 0 aliphatic heterocycles. The molecule has 8 rings (SSSR count). The molecule has 3 heteroatoms. The Kier molecular flexibility index (Phi) is 11.0. The fraction of sp³-hybridized carbons (Fsp3) is 0.204. The van der Waals surface area contributed by atoms with Crippen molar-refractivity contribution in [1.82, 2.24) is 0 Å². The number of rotatable bonds is 5. The summed E-state index contributed by atoms with van der Waals surface area (Å²) >= 11 is -2.96. The van der Waals surface area contributed by atoms with Gasteiger partial charge in [0.2, 0.25) is 0 Å². The Morgan fingerprint density at radius 1 is 0.481 bits per heavy atom. The van der Waals surface area contributed by atoms with Gasteiger partial charge >= 0.3 is 309 Å². The van der Waals surface area contributed by atoms with E-state index >= 15 is 0 Å². The first-order chi connectivity index (χ1) is 24.1. The third-order valence-corrected chi connectivity index (χ3v) is 19.6. The minimum Gasteiger partial charge on any atom is -0.147 e. The van der Waals surface area contributed by atoms with Gasteiger partial charge in [-0.25, -0.2) is 0 Å². The molecule has 0 heterocycles. The molecule has 0 saturated heterocycles. The molecule has 6 aromatic carbocycles. The summed E-state index contributed by atoms with van der Waals surface area (Å²) in [7, 11) is 0. The van der Waals surface area contributed by atoms with E-state index in [0.29, 0.717) is 7.25 Å². The molecule has 262 valence electrons. The maximum absolute atomic E-state index is 2.96. The van der Waals surface area contributed by atoms with E-state index in [1.54, 1.807) is 14.3 Å². The van der Waals surface area contributed by atoms with Crippen LogP contribution in [-0.2, 0) is 32.1 Å². The standard InChI is InChI=1S/C21H25.C15H11.C13H10.2ClH.Zr/c1-20(2,3)16-7-9-18-14(12-16)11-15-13-17(21(4,5)6)8-10-19(15)18;1-2-6-12(7-3-1)14-10-4-8-13-9-5-11-15(13)14;1-3-7-12(8-4-1)11-13-9-5-2-6-10-13;;;/h7-13H,1-6H3;1-11H;1-10H;2*1H;. The van der Waals surface area contributed by atoms with Crippen molar-refractivity contribution in [3.63, 3.8) is 0 Å². The molecule has 0 saturated carbocycles. The summed E-state index contributed by atoms with van der Waals surface area (Å²) in [6, 6.07) is 55.6. The van der Waals surface area contributed by atoms with Gasteiger partial charge in [0.05, 0.1) is 0 Å². The molecule has 0 N–H and O–H groups in total. The minimum atomic E-state index is -2.96. The molecule has 0 spiro atoms. The van der Waals surface area contributed by atoms with Crippen LogP contribution in [0.15, 0.2) is 152 Å². The molecule has 0 nitrogen and oxygen atoms in total. The summed E-state index contributed by atoms with van der Waals surface area (Å²) in [5, 5.41) is 0. The van der Waals surface area contributed by atoms with Crippen molar-refractivity contribution in [2.24, 2.45) is 0 Å². The second-order valence-corrected chi connectivity index (χ2v) is 22.5. The zero-order valence-electron chi connectivity index (χ0n) is 31.0. The van der Waals surface area contributed by atoms with Crippen molar-refractivity contribution >= 4 is 34.1 Å². The first-order valence-electron chi connectivity index (χ1n) is 18.1. The van der Waals surface area contributed by atoms with Crippen molar-refractivity contribution in [2.45, 2.75) is 59.6 Å². The molecular weight excluding hydrogens is 751 g/mol. The summed E-state index contributed by atoms with van der Waals surface area (Å²) in [6.45, 7) is 14.1. The smallest absolute Gasteiger partial charge is 0.147 e. The number of allylic oxidation sites excluding steroid dienone is 1. The molecule has 1 atom stereocenters. The first kappa shape index (κ1) is 38.1. The molecule has 0 aromatic heterocycles. The maximum atomic E-state index is 2.61. The summed E-state index contributed by atoms with van der Waals surface area (Å²) < 4.78 is 2.32. The van der Waals surface area contributed by atoms with Crippen molar-refractivity contribution < 1.29 is 21.3 Å². The molecule has 0 fully saturated rings. The zero-order chi connectivity index (χ0) is 34.6. The monoisotopic (exact) mass is 796 g/mol. The third kappa shape index (κ3) is 6.94. The number of hydrogen-bond acceptors (Lipinski definition) is 0. The van der Waals surface area contributed by atoms with E-state index in [0.717, 1.165) is 0 Å². The van der Waals surface area contributed by atoms with E-state index in [1.807, 2.05) is 0 Å². The number of halogens is 2. The van der Waals surface area contributed by atoms with E-state index in [4.69, 9.17) is 0 Å². The largest absolute Gasteiger partial charge is 0.147 e. The molecule has 1 unspecified atom stereocenters. The van der Waals surface area contributed by atoms with Crippen molar-refractivity contribution in [3.05, 3.63) is 196 Å². The molecule has 2 aliphatic carbocycles. The van der Waals surface area contributed by atoms with E-state index in [-0.39, 0.29) is 35.6 Å². The Hall–Kier alpha value is -3.61. The number of fused-ring (bicyclic) bond motifs is 4. The summed E-state index contributed by atoms with van der Waals surface area (Å²) in [6.07, 6.45) is 5.07. The molecule has 0 amide bonds. The fourth-order valence-electron chi connectivity index (χ4n) is 8.20. The van der Waals surface area contributed by atoms with Gasteiger partial charge < -0.3 is 0 Å². The van der Waals surface area contributed by atoms with Crippen LogP contribution in [-0.4, -0.2) is 3.21 Å². The van der Waals surface area contributed by atoms with Crippen LogP contribution in [0, 0.1) is 0 Å². The van der Waals surface area contributed by atoms with Crippen LogP contribution >= 0.6 is 24.8 Å². The van der Waals surface area contributed by atoms with Gasteiger partial charge in [0.1, 0.15) is 0 Å². The average molecular weight is 799 g/mol. The van der Waals surface area contributed by atoms with Crippen LogP contribution in [0.1, 0.15) is 93.3 Å². The van der Waals surface area contributed by atoms with E-state index in [2.05, 4.69) is 199 Å². The summed E-state index contributed by atoms with van der Waals surface area (Å²) in [5.41, 5.74) is 17.2. The Bertz CT molecular complexity index is 2170. The number of benzene rings is 6. The normalized spacial score (nSPS) is 14.5. The van der Waals surface area contributed by atoms with Crippen LogP contribution in [0.2, 0.25) is 0 Å². The second-order valence-electron chi connectivity index (χ2n) is 16.1. The van der Waals surface area contributed by atoms with Gasteiger partial charge in [0.25, 0.3) is 0 Å². The molecule has 52 heavy (non-hydrogen) atoms. The topological polar surface area (TPSA) is 0 Å². The zero-order valence-corrected chi connectivity index (χ0v) is 35.1. The van der Waals surface area contributed by atoms with E-state index in [9.17, 15) is 0 Å². The van der Waals surface area contributed by atoms with Crippen molar-refractivity contribution in [3.8, 4) is 22.3 Å². The van der Waals surface area contributed by atoms with Gasteiger partial charge in [-0.3, -0.25) is 0 Å². The molecule has 0 bridgehead atoms. The SMILES string of the molecule is CC(C)(C)c1ccc2c(c1)[CH]([Zr](=[C](c1ccccc1)c1ccccc1)[CH]1C=Cc3c(-c4ccccc4)cccc31)c1cc(C(C)(C)C)ccc1-2.Cl.Cl. The van der Waals surface area contributed by atoms with Gasteiger partial charge in [-0.1, -0.05) is 0 Å². The Morgan fingerprint density at radius 3 is 1.44 bits per heavy atom. The van der Waals surface area contributed by atoms with Gasteiger partial charge in [0.15, 0.2) is 0 Å². The Morgan fingerprint density at radius 2 is 0.962 bits per heavy atom. The van der Waals surface area contributed by atoms with Crippen LogP contribution < -0.4 is 0 Å². The van der Waals surface area contributed by atoms with Crippen LogP contribution in [0.4, 0.5) is 0 Å². The van der Waals surface area contributed by atoms with Crippen molar-refractivity contribution in [1.29, 1.82) is 0 Å². The molecule has 2 aliphatic rings. The fourth-order valence-corrected chi connectivity index (χ4v) is 18.0. The van der Waals surface area contributed by atoms with Crippen LogP contribution in [0.3, 0.4) is 0 Å². The van der Waals surface area contributed by atoms with Crippen LogP contribution in [0.5, 0.6) is 0 Å². The van der Waals surface area contributed by atoms with Gasteiger partial charge in [-0.2, -0.15) is 0 Å². The minimum absolute atomic E-state index is 0. The van der Waals surface area contributed by atoms with Gasteiger partial charge in [-0.05, 0) is 0 Å². The first-order valence-corrected chi connectivity index (χ1v) is 22.2. The van der Waals surface area contributed by atoms with Gasteiger partial charge in [0, 0.05) is 0 Å². The van der Waals surface area contributed by atoms with Crippen molar-refractivity contribution in [2.75, 3.05) is 0 Å². The van der Waals surface area contributed by atoms with E-state index < -0.39 is 21.3 Å². The molecule has 0 radical (unpaired) electrons. The quantitative estimate of drug-likeness (QED) is 0.163. The van der Waals surface area contributed by atoms with E-state index in [1.165, 1.54) is 55.6 Å². The third-order valence-electron chi connectivity index (χ3n) is 10.8. The maximum Gasteiger partial charge on any atom is -0.147 e. The predicted molar refractivity (Wildman–Crippen MR) is 225 cm³/mol. The predicted octanol–water partition coefficient (Wildman–Crippen LogP) is 13.5. The molecular formula is C49H48Cl2Zr. The second kappa shape index (κ2) is 15.0.